The van der Waals surface area contributed by atoms with Gasteiger partial charge in [0.25, 0.3) is 0 Å². The van der Waals surface area contributed by atoms with Crippen molar-refractivity contribution in [2.24, 2.45) is 0 Å². The van der Waals surface area contributed by atoms with Gasteiger partial charge in [-0.1, -0.05) is 34.1 Å². The van der Waals surface area contributed by atoms with Gasteiger partial charge >= 0.3 is 0 Å². The number of hydrogen-bond acceptors (Lipinski definition) is 3. The zero-order valence-corrected chi connectivity index (χ0v) is 12.3. The van der Waals surface area contributed by atoms with Crippen LogP contribution in [0.2, 0.25) is 0 Å². The molecule has 0 fully saturated rings. The fourth-order valence-electron chi connectivity index (χ4n) is 1.34. The van der Waals surface area contributed by atoms with E-state index < -0.39 is 0 Å². The third-order valence-corrected chi connectivity index (χ3v) is 4.18. The molecule has 0 saturated carbocycles. The first-order chi connectivity index (χ1) is 7.59. The minimum Gasteiger partial charge on any atom is -0.383 e. The van der Waals surface area contributed by atoms with Gasteiger partial charge in [0, 0.05) is 10.0 Å². The fraction of sp³-hybridized carbons (Fsp3) is 0.0909. The topological polar surface area (TPSA) is 51.8 Å². The highest BCUT2D eigenvalue weighted by Crippen LogP contribution is 2.27. The van der Waals surface area contributed by atoms with Crippen LogP contribution in [-0.2, 0) is 0 Å². The number of nitrogen functional groups attached to an aromatic ring is 1. The molecule has 5 heteroatoms. The molecule has 16 heavy (non-hydrogen) atoms. The smallest absolute Gasteiger partial charge is 0.162 e. The van der Waals surface area contributed by atoms with E-state index in [0.29, 0.717) is 11.6 Å². The summed E-state index contributed by atoms with van der Waals surface area (Å²) in [6, 6.07) is 7.83. The lowest BCUT2D eigenvalue weighted by Gasteiger charge is -2.07. The molecule has 0 aliphatic rings. The molecule has 0 aliphatic carbocycles. The normalized spacial score (nSPS) is 10.4. The lowest BCUT2D eigenvalue weighted by molar-refractivity contribution is 1.10. The molecule has 2 aromatic rings. The molecule has 0 radical (unpaired) electrons. The summed E-state index contributed by atoms with van der Waals surface area (Å²) in [6.07, 6.45) is 0. The predicted octanol–water partition coefficient (Wildman–Crippen LogP) is 3.40. The average molecular weight is 390 g/mol. The predicted molar refractivity (Wildman–Crippen MR) is 77.0 cm³/mol. The van der Waals surface area contributed by atoms with Gasteiger partial charge in [-0.3, -0.25) is 0 Å². The maximum absolute atomic E-state index is 5.83. The number of hydrogen-bond donors (Lipinski definition) is 1. The van der Waals surface area contributed by atoms with Crippen LogP contribution in [0.5, 0.6) is 0 Å². The lowest BCUT2D eigenvalue weighted by atomic mass is 10.2. The highest BCUT2D eigenvalue weighted by molar-refractivity contribution is 14.1. The number of halogens is 2. The Hall–Kier alpha value is -0.690. The highest BCUT2D eigenvalue weighted by Gasteiger charge is 2.10. The van der Waals surface area contributed by atoms with Crippen molar-refractivity contribution in [1.82, 2.24) is 9.97 Å². The Bertz CT molecular complexity index is 519. The van der Waals surface area contributed by atoms with Crippen molar-refractivity contribution in [2.75, 3.05) is 5.73 Å². The van der Waals surface area contributed by atoms with Gasteiger partial charge in [0.15, 0.2) is 5.82 Å². The second-order valence-corrected chi connectivity index (χ2v) is 5.24. The van der Waals surface area contributed by atoms with E-state index in [9.17, 15) is 0 Å². The van der Waals surface area contributed by atoms with Crippen molar-refractivity contribution in [3.8, 4) is 11.4 Å². The van der Waals surface area contributed by atoms with Gasteiger partial charge < -0.3 is 5.73 Å². The van der Waals surface area contributed by atoms with Crippen LogP contribution in [0.1, 0.15) is 5.69 Å². The summed E-state index contributed by atoms with van der Waals surface area (Å²) in [4.78, 5) is 8.73. The van der Waals surface area contributed by atoms with E-state index in [1.54, 1.807) is 0 Å². The minimum absolute atomic E-state index is 0.527. The summed E-state index contributed by atoms with van der Waals surface area (Å²) in [5.74, 6) is 1.18. The standard InChI is InChI=1S/C11H9BrIN3/c1-6-9(13)10(14)16-11(15-6)7-4-2-3-5-8(7)12/h2-5H,1H3,(H2,14,15,16). The van der Waals surface area contributed by atoms with Crippen molar-refractivity contribution >= 4 is 44.3 Å². The second-order valence-electron chi connectivity index (χ2n) is 3.31. The van der Waals surface area contributed by atoms with Crippen LogP contribution in [0.3, 0.4) is 0 Å². The molecule has 1 heterocycles. The van der Waals surface area contributed by atoms with E-state index in [0.717, 1.165) is 19.3 Å². The zero-order chi connectivity index (χ0) is 11.7. The van der Waals surface area contributed by atoms with Gasteiger partial charge in [0.05, 0.1) is 9.26 Å². The van der Waals surface area contributed by atoms with Crippen molar-refractivity contribution in [1.29, 1.82) is 0 Å². The Morgan fingerprint density at radius 2 is 1.94 bits per heavy atom. The summed E-state index contributed by atoms with van der Waals surface area (Å²) < 4.78 is 1.88. The second kappa shape index (κ2) is 4.67. The van der Waals surface area contributed by atoms with E-state index in [-0.39, 0.29) is 0 Å². The lowest BCUT2D eigenvalue weighted by Crippen LogP contribution is -2.02. The van der Waals surface area contributed by atoms with Crippen LogP contribution in [-0.4, -0.2) is 9.97 Å². The molecule has 2 N–H and O–H groups in total. The average Bonchev–Trinajstić information content (AvgIpc) is 2.26. The van der Waals surface area contributed by atoms with E-state index in [2.05, 4.69) is 48.5 Å². The Labute approximate surface area is 116 Å². The Kier molecular flexibility index (Phi) is 3.44. The number of rotatable bonds is 1. The van der Waals surface area contributed by atoms with E-state index in [1.807, 2.05) is 31.2 Å². The molecular weight excluding hydrogens is 381 g/mol. The van der Waals surface area contributed by atoms with Gasteiger partial charge in [-0.2, -0.15) is 0 Å². The molecule has 2 rings (SSSR count). The molecule has 0 atom stereocenters. The van der Waals surface area contributed by atoms with Crippen LogP contribution in [0.15, 0.2) is 28.7 Å². The summed E-state index contributed by atoms with van der Waals surface area (Å²) in [5, 5.41) is 0. The third kappa shape index (κ3) is 2.20. The van der Waals surface area contributed by atoms with Crippen molar-refractivity contribution in [3.05, 3.63) is 38.0 Å². The number of aryl methyl sites for hydroxylation is 1. The van der Waals surface area contributed by atoms with Crippen LogP contribution in [0.25, 0.3) is 11.4 Å². The maximum Gasteiger partial charge on any atom is 0.162 e. The first-order valence-corrected chi connectivity index (χ1v) is 6.51. The summed E-state index contributed by atoms with van der Waals surface area (Å²) in [5.41, 5.74) is 7.69. The molecule has 82 valence electrons. The van der Waals surface area contributed by atoms with Crippen molar-refractivity contribution in [2.45, 2.75) is 6.92 Å². The molecule has 0 unspecified atom stereocenters. The summed E-state index contributed by atoms with van der Waals surface area (Å²) in [7, 11) is 0. The molecule has 1 aromatic carbocycles. The Balaban J connectivity index is 2.62. The first kappa shape index (κ1) is 11.8. The molecule has 0 bridgehead atoms. The largest absolute Gasteiger partial charge is 0.383 e. The maximum atomic E-state index is 5.83. The van der Waals surface area contributed by atoms with Gasteiger partial charge in [-0.25, -0.2) is 9.97 Å². The number of benzene rings is 1. The van der Waals surface area contributed by atoms with Crippen molar-refractivity contribution in [3.63, 3.8) is 0 Å². The van der Waals surface area contributed by atoms with Crippen molar-refractivity contribution < 1.29 is 0 Å². The minimum atomic E-state index is 0.527. The fourth-order valence-corrected chi connectivity index (χ4v) is 2.05. The van der Waals surface area contributed by atoms with Crippen LogP contribution < -0.4 is 5.73 Å². The van der Waals surface area contributed by atoms with Crippen LogP contribution >= 0.6 is 38.5 Å². The first-order valence-electron chi connectivity index (χ1n) is 4.64. The summed E-state index contributed by atoms with van der Waals surface area (Å²) in [6.45, 7) is 1.93. The van der Waals surface area contributed by atoms with Gasteiger partial charge in [-0.15, -0.1) is 0 Å². The molecule has 0 amide bonds. The SMILES string of the molecule is Cc1nc(-c2ccccc2Br)nc(N)c1I. The quantitative estimate of drug-likeness (QED) is 0.760. The number of nitrogens with two attached hydrogens (primary N) is 1. The zero-order valence-electron chi connectivity index (χ0n) is 8.54. The Morgan fingerprint density at radius 3 is 2.56 bits per heavy atom. The highest BCUT2D eigenvalue weighted by atomic mass is 127. The van der Waals surface area contributed by atoms with E-state index in [1.165, 1.54) is 0 Å². The molecule has 0 spiro atoms. The number of nitrogens with zero attached hydrogens (tertiary/aromatic N) is 2. The monoisotopic (exact) mass is 389 g/mol. The van der Waals surface area contributed by atoms with Gasteiger partial charge in [-0.05, 0) is 35.6 Å². The molecular formula is C11H9BrIN3. The number of anilines is 1. The van der Waals surface area contributed by atoms with Gasteiger partial charge in [0.1, 0.15) is 5.82 Å². The van der Waals surface area contributed by atoms with Crippen LogP contribution in [0.4, 0.5) is 5.82 Å². The summed E-state index contributed by atoms with van der Waals surface area (Å²) >= 11 is 5.63. The van der Waals surface area contributed by atoms with Gasteiger partial charge in [0.2, 0.25) is 0 Å². The molecule has 3 nitrogen and oxygen atoms in total. The Morgan fingerprint density at radius 1 is 1.25 bits per heavy atom. The van der Waals surface area contributed by atoms with Crippen LogP contribution in [0, 0.1) is 10.5 Å². The van der Waals surface area contributed by atoms with E-state index in [4.69, 9.17) is 5.73 Å². The number of aromatic nitrogens is 2. The third-order valence-electron chi connectivity index (χ3n) is 2.16. The van der Waals surface area contributed by atoms with E-state index >= 15 is 0 Å². The molecule has 1 aromatic heterocycles. The molecule has 0 aliphatic heterocycles. The molecule has 0 saturated heterocycles.